The molecule has 0 saturated heterocycles. The normalized spacial score (nSPS) is 20.0. The molecule has 1 aliphatic rings. The highest BCUT2D eigenvalue weighted by atomic mass is 16.5. The Morgan fingerprint density at radius 1 is 1.37 bits per heavy atom. The molecule has 0 radical (unpaired) electrons. The number of nitriles is 1. The maximum Gasteiger partial charge on any atom is 0.259 e. The summed E-state index contributed by atoms with van der Waals surface area (Å²) in [5, 5.41) is 18.9. The first-order valence-corrected chi connectivity index (χ1v) is 10.1. The van der Waals surface area contributed by atoms with E-state index in [1.54, 1.807) is 35.4 Å². The van der Waals surface area contributed by atoms with E-state index in [-0.39, 0.29) is 30.6 Å². The van der Waals surface area contributed by atoms with Gasteiger partial charge in [-0.25, -0.2) is 4.98 Å². The highest BCUT2D eigenvalue weighted by Gasteiger charge is 2.34. The van der Waals surface area contributed by atoms with E-state index in [1.807, 2.05) is 38.9 Å². The van der Waals surface area contributed by atoms with E-state index in [2.05, 4.69) is 11.1 Å². The molecule has 30 heavy (non-hydrogen) atoms. The van der Waals surface area contributed by atoms with Gasteiger partial charge in [-0.15, -0.1) is 0 Å². The Kier molecular flexibility index (Phi) is 6.70. The van der Waals surface area contributed by atoms with Crippen LogP contribution in [0.3, 0.4) is 0 Å². The molecule has 1 aliphatic heterocycles. The van der Waals surface area contributed by atoms with Crippen LogP contribution in [-0.2, 0) is 0 Å². The number of nitrogens with zero attached hydrogens (tertiary/aromatic N) is 4. The van der Waals surface area contributed by atoms with Gasteiger partial charge in [0, 0.05) is 30.8 Å². The molecule has 3 atom stereocenters. The number of aromatic nitrogens is 1. The first-order chi connectivity index (χ1) is 14.3. The predicted octanol–water partition coefficient (Wildman–Crippen LogP) is 2.40. The summed E-state index contributed by atoms with van der Waals surface area (Å²) in [5.41, 5.74) is 2.44. The van der Waals surface area contributed by atoms with E-state index in [9.17, 15) is 15.2 Å². The Labute approximate surface area is 177 Å². The first-order valence-electron chi connectivity index (χ1n) is 10.1. The summed E-state index contributed by atoms with van der Waals surface area (Å²) in [6, 6.07) is 10.8. The third-order valence-corrected chi connectivity index (χ3v) is 5.39. The van der Waals surface area contributed by atoms with Crippen LogP contribution in [0, 0.1) is 17.2 Å². The number of likely N-dealkylation sites (N-methyl/N-ethyl adjacent to an activating group) is 1. The maximum atomic E-state index is 13.4. The molecule has 1 aromatic carbocycles. The van der Waals surface area contributed by atoms with Crippen LogP contribution in [-0.4, -0.2) is 71.7 Å². The number of hydrogen-bond acceptors (Lipinski definition) is 6. The van der Waals surface area contributed by atoms with Crippen molar-refractivity contribution in [2.45, 2.75) is 26.0 Å². The second kappa shape index (κ2) is 9.24. The molecule has 3 rings (SSSR count). The molecule has 0 fully saturated rings. The van der Waals surface area contributed by atoms with Gasteiger partial charge < -0.3 is 19.6 Å². The maximum absolute atomic E-state index is 13.4. The molecule has 158 valence electrons. The van der Waals surface area contributed by atoms with Crippen molar-refractivity contribution in [1.82, 2.24) is 14.8 Å². The smallest absolute Gasteiger partial charge is 0.259 e. The largest absolute Gasteiger partial charge is 0.472 e. The number of rotatable bonds is 5. The lowest BCUT2D eigenvalue weighted by Gasteiger charge is -2.37. The van der Waals surface area contributed by atoms with E-state index in [0.717, 1.165) is 11.1 Å². The van der Waals surface area contributed by atoms with Gasteiger partial charge in [0.15, 0.2) is 0 Å². The monoisotopic (exact) mass is 408 g/mol. The fraction of sp³-hybridized carbons (Fsp3) is 0.435. The molecule has 1 amide bonds. The summed E-state index contributed by atoms with van der Waals surface area (Å²) in [7, 11) is 3.96. The van der Waals surface area contributed by atoms with Crippen LogP contribution in [0.15, 0.2) is 36.5 Å². The van der Waals surface area contributed by atoms with Crippen LogP contribution in [0.25, 0.3) is 11.1 Å². The molecular formula is C23H28N4O3. The predicted molar refractivity (Wildman–Crippen MR) is 114 cm³/mol. The standard InChI is InChI=1S/C23H28N4O3/c1-15-12-27(16(2)14-28)23(29)20-9-19(18-7-5-6-17(8-18)10-24)11-25-22(20)30-21(15)13-26(3)4/h5-9,11,15-16,21,28H,12-14H2,1-4H3/t15-,16+,21+/m1/s1. The Morgan fingerprint density at radius 2 is 2.13 bits per heavy atom. The average molecular weight is 409 g/mol. The van der Waals surface area contributed by atoms with Crippen molar-refractivity contribution < 1.29 is 14.6 Å². The highest BCUT2D eigenvalue weighted by Crippen LogP contribution is 2.30. The van der Waals surface area contributed by atoms with Crippen molar-refractivity contribution in [2.24, 2.45) is 5.92 Å². The van der Waals surface area contributed by atoms with Gasteiger partial charge in [-0.2, -0.15) is 5.26 Å². The number of aliphatic hydroxyl groups excluding tert-OH is 1. The SMILES string of the molecule is C[C@@H]1CN([C@@H](C)CO)C(=O)c2cc(-c3cccc(C#N)c3)cnc2O[C@H]1CN(C)C. The molecule has 0 aliphatic carbocycles. The van der Waals surface area contributed by atoms with Gasteiger partial charge in [-0.3, -0.25) is 4.79 Å². The summed E-state index contributed by atoms with van der Waals surface area (Å²) in [4.78, 5) is 21.6. The van der Waals surface area contributed by atoms with Crippen molar-refractivity contribution in [3.63, 3.8) is 0 Å². The lowest BCUT2D eigenvalue weighted by Crippen LogP contribution is -2.49. The summed E-state index contributed by atoms with van der Waals surface area (Å²) >= 11 is 0. The van der Waals surface area contributed by atoms with Gasteiger partial charge in [0.25, 0.3) is 5.91 Å². The molecule has 0 spiro atoms. The van der Waals surface area contributed by atoms with Gasteiger partial charge in [-0.05, 0) is 44.8 Å². The number of fused-ring (bicyclic) bond motifs is 1. The number of amides is 1. The van der Waals surface area contributed by atoms with Gasteiger partial charge in [0.1, 0.15) is 11.7 Å². The minimum atomic E-state index is -0.323. The van der Waals surface area contributed by atoms with Gasteiger partial charge >= 0.3 is 0 Å². The average Bonchev–Trinajstić information content (AvgIpc) is 2.75. The van der Waals surface area contributed by atoms with Crippen LogP contribution in [0.2, 0.25) is 0 Å². The van der Waals surface area contributed by atoms with Gasteiger partial charge in [0.2, 0.25) is 5.88 Å². The second-order valence-corrected chi connectivity index (χ2v) is 8.15. The Hall–Kier alpha value is -2.95. The molecule has 2 aromatic rings. The van der Waals surface area contributed by atoms with Crippen LogP contribution in [0.1, 0.15) is 29.8 Å². The Morgan fingerprint density at radius 3 is 2.80 bits per heavy atom. The number of carbonyl (C=O) groups is 1. The molecule has 2 heterocycles. The highest BCUT2D eigenvalue weighted by molar-refractivity contribution is 5.98. The summed E-state index contributed by atoms with van der Waals surface area (Å²) in [5.74, 6) is 0.147. The van der Waals surface area contributed by atoms with E-state index in [1.165, 1.54) is 0 Å². The van der Waals surface area contributed by atoms with Gasteiger partial charge in [0.05, 0.1) is 24.3 Å². The van der Waals surface area contributed by atoms with Crippen LogP contribution in [0.4, 0.5) is 0 Å². The molecule has 1 N–H and O–H groups in total. The van der Waals surface area contributed by atoms with Crippen molar-refractivity contribution in [1.29, 1.82) is 5.26 Å². The zero-order valence-corrected chi connectivity index (χ0v) is 17.9. The molecule has 0 saturated carbocycles. The number of pyridine rings is 1. The molecule has 7 nitrogen and oxygen atoms in total. The van der Waals surface area contributed by atoms with E-state index < -0.39 is 0 Å². The molecule has 0 bridgehead atoms. The number of carbonyl (C=O) groups excluding carboxylic acids is 1. The topological polar surface area (TPSA) is 89.7 Å². The lowest BCUT2D eigenvalue weighted by molar-refractivity contribution is 0.0348. The van der Waals surface area contributed by atoms with Crippen LogP contribution >= 0.6 is 0 Å². The van der Waals surface area contributed by atoms with Crippen LogP contribution < -0.4 is 4.74 Å². The van der Waals surface area contributed by atoms with Gasteiger partial charge in [-0.1, -0.05) is 19.1 Å². The second-order valence-electron chi connectivity index (χ2n) is 8.15. The van der Waals surface area contributed by atoms with Crippen molar-refractivity contribution in [3.8, 4) is 23.1 Å². The minimum Gasteiger partial charge on any atom is -0.472 e. The minimum absolute atomic E-state index is 0.0623. The number of benzene rings is 1. The third-order valence-electron chi connectivity index (χ3n) is 5.39. The number of ether oxygens (including phenoxy) is 1. The molecule has 7 heteroatoms. The van der Waals surface area contributed by atoms with Crippen molar-refractivity contribution in [3.05, 3.63) is 47.7 Å². The Balaban J connectivity index is 2.08. The molecule has 0 unspecified atom stereocenters. The fourth-order valence-electron chi connectivity index (χ4n) is 3.61. The number of aliphatic hydroxyl groups is 1. The summed E-state index contributed by atoms with van der Waals surface area (Å²) < 4.78 is 6.21. The molecule has 1 aromatic heterocycles. The number of hydrogen-bond donors (Lipinski definition) is 1. The summed E-state index contributed by atoms with van der Waals surface area (Å²) in [6.45, 7) is 4.92. The quantitative estimate of drug-likeness (QED) is 0.817. The zero-order valence-electron chi connectivity index (χ0n) is 17.9. The summed E-state index contributed by atoms with van der Waals surface area (Å²) in [6.07, 6.45) is 1.52. The molecular weight excluding hydrogens is 380 g/mol. The van der Waals surface area contributed by atoms with Crippen LogP contribution in [0.5, 0.6) is 5.88 Å². The van der Waals surface area contributed by atoms with E-state index in [0.29, 0.717) is 30.1 Å². The first kappa shape index (κ1) is 21.8. The van der Waals surface area contributed by atoms with E-state index >= 15 is 0 Å². The fourth-order valence-corrected chi connectivity index (χ4v) is 3.61. The van der Waals surface area contributed by atoms with Crippen molar-refractivity contribution in [2.75, 3.05) is 33.8 Å². The lowest BCUT2D eigenvalue weighted by atomic mass is 9.99. The Bertz CT molecular complexity index is 954. The van der Waals surface area contributed by atoms with E-state index in [4.69, 9.17) is 4.74 Å². The van der Waals surface area contributed by atoms with Crippen molar-refractivity contribution >= 4 is 5.91 Å². The zero-order chi connectivity index (χ0) is 21.8. The third kappa shape index (κ3) is 4.61.